The van der Waals surface area contributed by atoms with Crippen molar-refractivity contribution in [2.24, 2.45) is 4.99 Å². The fourth-order valence-electron chi connectivity index (χ4n) is 3.49. The van der Waals surface area contributed by atoms with Crippen LogP contribution in [0.1, 0.15) is 45.1 Å². The minimum Gasteiger partial charge on any atom is -0.504 e. The molecule has 3 atom stereocenters. The number of aliphatic imine (C=N–C) groups is 1. The third-order valence-electron chi connectivity index (χ3n) is 4.92. The number of methoxy groups -OCH3 is 1. The molecule has 3 unspecified atom stereocenters. The fourth-order valence-corrected chi connectivity index (χ4v) is 4.83. The lowest BCUT2D eigenvalue weighted by atomic mass is 9.95. The minimum absolute atomic E-state index is 0.185. The number of ether oxygens (including phenoxy) is 1. The van der Waals surface area contributed by atoms with E-state index in [4.69, 9.17) is 4.74 Å². The van der Waals surface area contributed by atoms with E-state index in [1.165, 1.54) is 0 Å². The molecule has 0 radical (unpaired) electrons. The van der Waals surface area contributed by atoms with Crippen molar-refractivity contribution < 1.29 is 14.1 Å². The number of nitrogens with zero attached hydrogens (tertiary/aromatic N) is 1. The molecule has 0 saturated heterocycles. The van der Waals surface area contributed by atoms with Crippen molar-refractivity contribution in [1.29, 1.82) is 0 Å². The van der Waals surface area contributed by atoms with E-state index >= 15 is 0 Å². The highest BCUT2D eigenvalue weighted by Gasteiger charge is 2.26. The second kappa shape index (κ2) is 11.2. The largest absolute Gasteiger partial charge is 0.504 e. The Labute approximate surface area is 165 Å². The molecule has 6 nitrogen and oxygen atoms in total. The Hall–Kier alpha value is -1.76. The van der Waals surface area contributed by atoms with Crippen molar-refractivity contribution in [2.45, 2.75) is 57.2 Å². The van der Waals surface area contributed by atoms with Crippen molar-refractivity contribution >= 4 is 16.8 Å². The molecule has 0 heterocycles. The quantitative estimate of drug-likeness (QED) is 0.465. The van der Waals surface area contributed by atoms with Crippen molar-refractivity contribution in [3.8, 4) is 11.5 Å². The first-order valence-electron chi connectivity index (χ1n) is 9.85. The third kappa shape index (κ3) is 6.41. The van der Waals surface area contributed by atoms with Crippen molar-refractivity contribution in [2.75, 3.05) is 26.0 Å². The van der Waals surface area contributed by atoms with Gasteiger partial charge < -0.3 is 20.5 Å². The molecule has 2 rings (SSSR count). The van der Waals surface area contributed by atoms with Gasteiger partial charge in [-0.1, -0.05) is 25.5 Å². The number of rotatable bonds is 8. The molecular formula is C20H33N3O3S. The van der Waals surface area contributed by atoms with E-state index in [0.717, 1.165) is 49.5 Å². The summed E-state index contributed by atoms with van der Waals surface area (Å²) in [6.45, 7) is 5.38. The number of aromatic hydroxyl groups is 1. The average Bonchev–Trinajstić information content (AvgIpc) is 2.69. The first-order valence-corrected chi connectivity index (χ1v) is 11.2. The maximum Gasteiger partial charge on any atom is 0.191 e. The summed E-state index contributed by atoms with van der Waals surface area (Å²) in [7, 11) is 0.820. The molecule has 1 fully saturated rings. The van der Waals surface area contributed by atoms with E-state index in [1.54, 1.807) is 13.2 Å². The molecule has 1 saturated carbocycles. The van der Waals surface area contributed by atoms with Crippen LogP contribution < -0.4 is 15.4 Å². The lowest BCUT2D eigenvalue weighted by Crippen LogP contribution is -2.46. The zero-order valence-electron chi connectivity index (χ0n) is 16.7. The molecular weight excluding hydrogens is 362 g/mol. The van der Waals surface area contributed by atoms with E-state index in [2.05, 4.69) is 15.6 Å². The van der Waals surface area contributed by atoms with Crippen molar-refractivity contribution in [3.05, 3.63) is 23.8 Å². The highest BCUT2D eigenvalue weighted by atomic mass is 32.2. The molecule has 7 heteroatoms. The summed E-state index contributed by atoms with van der Waals surface area (Å²) >= 11 is 0. The standard InChI is InChI=1S/C20H33N3O3S/c1-4-21-20(23-16-9-7-10-17(14-16)27(25)5-2)22-13-12-15-8-6-11-18(26-3)19(15)24/h6,8,11,16-17,24H,4-5,7,9-10,12-14H2,1-3H3,(H2,21,22,23). The highest BCUT2D eigenvalue weighted by molar-refractivity contribution is 7.85. The van der Waals surface area contributed by atoms with E-state index in [0.29, 0.717) is 24.8 Å². The van der Waals surface area contributed by atoms with Crippen LogP contribution in [0.15, 0.2) is 23.2 Å². The summed E-state index contributed by atoms with van der Waals surface area (Å²) in [6.07, 6.45) is 4.80. The number of nitrogens with one attached hydrogen (secondary N) is 2. The van der Waals surface area contributed by atoms with Gasteiger partial charge in [-0.2, -0.15) is 0 Å². The van der Waals surface area contributed by atoms with Gasteiger partial charge in [0.1, 0.15) is 0 Å². The van der Waals surface area contributed by atoms with E-state index < -0.39 is 10.8 Å². The van der Waals surface area contributed by atoms with Crippen LogP contribution >= 0.6 is 0 Å². The normalized spacial score (nSPS) is 21.5. The van der Waals surface area contributed by atoms with Crippen LogP contribution in [-0.4, -0.2) is 52.5 Å². The molecule has 0 bridgehead atoms. The number of phenols is 1. The monoisotopic (exact) mass is 395 g/mol. The molecule has 3 N–H and O–H groups in total. The fraction of sp³-hybridized carbons (Fsp3) is 0.650. The molecule has 1 aromatic rings. The van der Waals surface area contributed by atoms with Gasteiger partial charge in [0.05, 0.1) is 7.11 Å². The van der Waals surface area contributed by atoms with Gasteiger partial charge >= 0.3 is 0 Å². The number of hydrogen-bond acceptors (Lipinski definition) is 4. The predicted octanol–water partition coefficient (Wildman–Crippen LogP) is 2.58. The number of guanidine groups is 1. The van der Waals surface area contributed by atoms with E-state index in [1.807, 2.05) is 26.0 Å². The highest BCUT2D eigenvalue weighted by Crippen LogP contribution is 2.29. The molecule has 0 amide bonds. The van der Waals surface area contributed by atoms with Gasteiger partial charge in [0, 0.05) is 40.9 Å². The van der Waals surface area contributed by atoms with E-state index in [-0.39, 0.29) is 11.0 Å². The van der Waals surface area contributed by atoms with Crippen LogP contribution in [0.4, 0.5) is 0 Å². The molecule has 1 aliphatic carbocycles. The van der Waals surface area contributed by atoms with Crippen LogP contribution in [0.3, 0.4) is 0 Å². The maximum atomic E-state index is 12.1. The summed E-state index contributed by atoms with van der Waals surface area (Å²) in [5.74, 6) is 2.19. The van der Waals surface area contributed by atoms with Gasteiger partial charge in [-0.25, -0.2) is 0 Å². The second-order valence-electron chi connectivity index (χ2n) is 6.78. The van der Waals surface area contributed by atoms with Crippen LogP contribution in [-0.2, 0) is 17.2 Å². The Kier molecular flexibility index (Phi) is 8.91. The van der Waals surface area contributed by atoms with Crippen molar-refractivity contribution in [1.82, 2.24) is 10.6 Å². The van der Waals surface area contributed by atoms with Crippen LogP contribution in [0, 0.1) is 0 Å². The molecule has 0 aliphatic heterocycles. The molecule has 0 aromatic heterocycles. The van der Waals surface area contributed by atoms with Gasteiger partial charge in [0.15, 0.2) is 17.5 Å². The van der Waals surface area contributed by atoms with Gasteiger partial charge in [-0.05, 0) is 44.2 Å². The zero-order valence-corrected chi connectivity index (χ0v) is 17.5. The number of para-hydroxylation sites is 1. The number of benzene rings is 1. The predicted molar refractivity (Wildman–Crippen MR) is 112 cm³/mol. The smallest absolute Gasteiger partial charge is 0.191 e. The van der Waals surface area contributed by atoms with Gasteiger partial charge in [0.25, 0.3) is 0 Å². The lowest BCUT2D eigenvalue weighted by molar-refractivity contribution is 0.370. The summed E-state index contributed by atoms with van der Waals surface area (Å²) in [6, 6.07) is 5.81. The Balaban J connectivity index is 1.95. The number of phenolic OH excluding ortho intramolecular Hbond substituents is 1. The van der Waals surface area contributed by atoms with Crippen molar-refractivity contribution in [3.63, 3.8) is 0 Å². The van der Waals surface area contributed by atoms with Crippen LogP contribution in [0.2, 0.25) is 0 Å². The number of hydrogen-bond donors (Lipinski definition) is 3. The summed E-state index contributed by atoms with van der Waals surface area (Å²) in [5, 5.41) is 17.3. The maximum absolute atomic E-state index is 12.1. The summed E-state index contributed by atoms with van der Waals surface area (Å²) in [5.41, 5.74) is 0.824. The molecule has 0 spiro atoms. The summed E-state index contributed by atoms with van der Waals surface area (Å²) in [4.78, 5) is 4.66. The van der Waals surface area contributed by atoms with Crippen LogP contribution in [0.25, 0.3) is 0 Å². The van der Waals surface area contributed by atoms with Gasteiger partial charge in [0.2, 0.25) is 0 Å². The molecule has 1 aliphatic rings. The Morgan fingerprint density at radius 2 is 2.19 bits per heavy atom. The first kappa shape index (κ1) is 21.5. The first-order chi connectivity index (χ1) is 13.1. The Morgan fingerprint density at radius 3 is 2.89 bits per heavy atom. The Bertz CT molecular complexity index is 651. The van der Waals surface area contributed by atoms with Gasteiger partial charge in [-0.3, -0.25) is 9.20 Å². The summed E-state index contributed by atoms with van der Waals surface area (Å²) < 4.78 is 17.3. The van der Waals surface area contributed by atoms with E-state index in [9.17, 15) is 9.32 Å². The Morgan fingerprint density at radius 1 is 1.37 bits per heavy atom. The average molecular weight is 396 g/mol. The molecule has 1 aromatic carbocycles. The molecule has 152 valence electrons. The molecule has 27 heavy (non-hydrogen) atoms. The topological polar surface area (TPSA) is 83.0 Å². The SMILES string of the molecule is CCNC(=NCCc1cccc(OC)c1O)NC1CCCC(S(=O)CC)C1. The lowest BCUT2D eigenvalue weighted by Gasteiger charge is -2.30. The third-order valence-corrected chi connectivity index (χ3v) is 6.66. The van der Waals surface area contributed by atoms with Crippen LogP contribution in [0.5, 0.6) is 11.5 Å². The second-order valence-corrected chi connectivity index (χ2v) is 8.78. The minimum atomic E-state index is -0.729. The zero-order chi connectivity index (χ0) is 19.6. The van der Waals surface area contributed by atoms with Gasteiger partial charge in [-0.15, -0.1) is 0 Å².